The van der Waals surface area contributed by atoms with Gasteiger partial charge in [0.15, 0.2) is 11.5 Å². The zero-order valence-electron chi connectivity index (χ0n) is 17.6. The largest absolute Gasteiger partial charge is 0.497 e. The van der Waals surface area contributed by atoms with E-state index in [0.29, 0.717) is 30.3 Å². The highest BCUT2D eigenvalue weighted by Gasteiger charge is 2.39. The van der Waals surface area contributed by atoms with Gasteiger partial charge in [-0.3, -0.25) is 9.69 Å². The van der Waals surface area contributed by atoms with E-state index in [9.17, 15) is 15.0 Å². The van der Waals surface area contributed by atoms with Gasteiger partial charge in [0.25, 0.3) is 5.91 Å². The standard InChI is InChI=1S/C23H26N4O4/c1-25-21-19(22(29)26(23(25)30)13-6-14-28)27(15-16-7-4-3-5-8-16)20(24-21)17-9-11-18(31-2)12-10-17/h3-5,7-12,23,28,30H,6,13-15H2,1-2H3. The Hall–Kier alpha value is -3.36. The number of aliphatic hydroxyl groups is 2. The summed E-state index contributed by atoms with van der Waals surface area (Å²) < 4.78 is 7.15. The maximum absolute atomic E-state index is 13.4. The molecule has 2 heterocycles. The van der Waals surface area contributed by atoms with Gasteiger partial charge in [0.1, 0.15) is 11.6 Å². The lowest BCUT2D eigenvalue weighted by Crippen LogP contribution is -2.54. The molecule has 1 atom stereocenters. The number of nitrogens with zero attached hydrogens (tertiary/aromatic N) is 4. The normalized spacial score (nSPS) is 15.9. The number of aliphatic hydroxyl groups excluding tert-OH is 2. The highest BCUT2D eigenvalue weighted by molar-refractivity contribution is 6.00. The van der Waals surface area contributed by atoms with Crippen LogP contribution in [0.5, 0.6) is 5.75 Å². The van der Waals surface area contributed by atoms with Crippen LogP contribution in [0, 0.1) is 0 Å². The molecule has 0 spiro atoms. The molecule has 2 N–H and O–H groups in total. The third-order valence-electron chi connectivity index (χ3n) is 5.46. The van der Waals surface area contributed by atoms with Crippen molar-refractivity contribution in [1.29, 1.82) is 0 Å². The number of carbonyl (C=O) groups excluding carboxylic acids is 1. The molecular formula is C23H26N4O4. The van der Waals surface area contributed by atoms with E-state index >= 15 is 0 Å². The number of imidazole rings is 1. The molecular weight excluding hydrogens is 396 g/mol. The molecule has 1 aliphatic rings. The summed E-state index contributed by atoms with van der Waals surface area (Å²) in [6.07, 6.45) is -0.764. The predicted molar refractivity (Wildman–Crippen MR) is 117 cm³/mol. The first kappa shape index (κ1) is 20.9. The molecule has 0 saturated heterocycles. The Morgan fingerprint density at radius 2 is 1.81 bits per heavy atom. The van der Waals surface area contributed by atoms with Crippen LogP contribution < -0.4 is 9.64 Å². The zero-order valence-corrected chi connectivity index (χ0v) is 17.6. The average Bonchev–Trinajstić information content (AvgIpc) is 3.18. The minimum Gasteiger partial charge on any atom is -0.497 e. The molecule has 4 rings (SSSR count). The van der Waals surface area contributed by atoms with E-state index in [1.165, 1.54) is 4.90 Å². The molecule has 1 aliphatic heterocycles. The number of fused-ring (bicyclic) bond motifs is 1. The van der Waals surface area contributed by atoms with Gasteiger partial charge < -0.3 is 24.4 Å². The molecule has 31 heavy (non-hydrogen) atoms. The van der Waals surface area contributed by atoms with Crippen molar-refractivity contribution < 1.29 is 19.7 Å². The fraction of sp³-hybridized carbons (Fsp3) is 0.304. The number of rotatable bonds is 7. The third-order valence-corrected chi connectivity index (χ3v) is 5.46. The van der Waals surface area contributed by atoms with E-state index in [2.05, 4.69) is 0 Å². The molecule has 0 saturated carbocycles. The van der Waals surface area contributed by atoms with Crippen LogP contribution in [0.1, 0.15) is 22.5 Å². The SMILES string of the molecule is COc1ccc(-c2nc3c(n2Cc2ccccc2)C(=O)N(CCCO)C(O)N3C)cc1. The summed E-state index contributed by atoms with van der Waals surface area (Å²) in [4.78, 5) is 21.1. The molecule has 1 amide bonds. The van der Waals surface area contributed by atoms with Crippen molar-refractivity contribution in [3.05, 3.63) is 65.9 Å². The lowest BCUT2D eigenvalue weighted by Gasteiger charge is -2.38. The first-order valence-electron chi connectivity index (χ1n) is 10.2. The summed E-state index contributed by atoms with van der Waals surface area (Å²) in [5.41, 5.74) is 2.28. The van der Waals surface area contributed by atoms with Gasteiger partial charge in [0, 0.05) is 32.3 Å². The summed E-state index contributed by atoms with van der Waals surface area (Å²) in [5.74, 6) is 1.48. The van der Waals surface area contributed by atoms with E-state index in [0.717, 1.165) is 16.9 Å². The number of ether oxygens (including phenoxy) is 1. The summed E-state index contributed by atoms with van der Waals surface area (Å²) in [6, 6.07) is 17.4. The maximum Gasteiger partial charge on any atom is 0.277 e. The molecule has 8 nitrogen and oxygen atoms in total. The van der Waals surface area contributed by atoms with Crippen LogP contribution in [0.3, 0.4) is 0 Å². The Labute approximate surface area is 180 Å². The maximum atomic E-state index is 13.4. The molecule has 2 aromatic carbocycles. The second-order valence-electron chi connectivity index (χ2n) is 7.44. The van der Waals surface area contributed by atoms with Crippen LogP contribution in [-0.2, 0) is 6.54 Å². The Balaban J connectivity index is 1.85. The Morgan fingerprint density at radius 1 is 1.10 bits per heavy atom. The lowest BCUT2D eigenvalue weighted by atomic mass is 10.1. The molecule has 0 radical (unpaired) electrons. The van der Waals surface area contributed by atoms with Gasteiger partial charge in [0.2, 0.25) is 6.35 Å². The Kier molecular flexibility index (Phi) is 5.92. The smallest absolute Gasteiger partial charge is 0.277 e. The third kappa shape index (κ3) is 3.87. The highest BCUT2D eigenvalue weighted by Crippen LogP contribution is 2.34. The number of methoxy groups -OCH3 is 1. The number of hydrogen-bond donors (Lipinski definition) is 2. The van der Waals surface area contributed by atoms with Gasteiger partial charge in [-0.25, -0.2) is 4.98 Å². The number of aromatic nitrogens is 2. The molecule has 0 aliphatic carbocycles. The van der Waals surface area contributed by atoms with Crippen LogP contribution in [0.15, 0.2) is 54.6 Å². The lowest BCUT2D eigenvalue weighted by molar-refractivity contribution is 0.00114. The Morgan fingerprint density at radius 3 is 2.45 bits per heavy atom. The fourth-order valence-electron chi connectivity index (χ4n) is 3.80. The van der Waals surface area contributed by atoms with E-state index in [1.54, 1.807) is 19.1 Å². The minimum atomic E-state index is -1.14. The predicted octanol–water partition coefficient (Wildman–Crippen LogP) is 2.16. The number of benzene rings is 2. The molecule has 3 aromatic rings. The van der Waals surface area contributed by atoms with Crippen molar-refractivity contribution in [3.8, 4) is 17.1 Å². The average molecular weight is 422 g/mol. The monoisotopic (exact) mass is 422 g/mol. The minimum absolute atomic E-state index is 0.0621. The van der Waals surface area contributed by atoms with Gasteiger partial charge in [-0.2, -0.15) is 0 Å². The zero-order chi connectivity index (χ0) is 22.0. The summed E-state index contributed by atoms with van der Waals surface area (Å²) >= 11 is 0. The molecule has 1 aromatic heterocycles. The topological polar surface area (TPSA) is 91.1 Å². The molecule has 1 unspecified atom stereocenters. The van der Waals surface area contributed by atoms with E-state index in [1.807, 2.05) is 59.2 Å². The molecule has 0 fully saturated rings. The molecule has 0 bridgehead atoms. The summed E-state index contributed by atoms with van der Waals surface area (Å²) in [7, 11) is 3.32. The number of carbonyl (C=O) groups is 1. The van der Waals surface area contributed by atoms with E-state index in [4.69, 9.17) is 9.72 Å². The van der Waals surface area contributed by atoms with Gasteiger partial charge in [-0.15, -0.1) is 0 Å². The van der Waals surface area contributed by atoms with Crippen molar-refractivity contribution >= 4 is 11.7 Å². The van der Waals surface area contributed by atoms with Crippen LogP contribution in [-0.4, -0.2) is 64.2 Å². The van der Waals surface area contributed by atoms with E-state index < -0.39 is 6.35 Å². The van der Waals surface area contributed by atoms with Gasteiger partial charge in [-0.05, 0) is 36.2 Å². The van der Waals surface area contributed by atoms with Crippen molar-refractivity contribution in [2.45, 2.75) is 19.3 Å². The quantitative estimate of drug-likeness (QED) is 0.606. The number of hydrogen-bond acceptors (Lipinski definition) is 6. The fourth-order valence-corrected chi connectivity index (χ4v) is 3.80. The molecule has 162 valence electrons. The van der Waals surface area contributed by atoms with Crippen LogP contribution in [0.4, 0.5) is 5.82 Å². The van der Waals surface area contributed by atoms with Crippen LogP contribution >= 0.6 is 0 Å². The van der Waals surface area contributed by atoms with Crippen LogP contribution in [0.25, 0.3) is 11.4 Å². The Bertz CT molecular complexity index is 1050. The summed E-state index contributed by atoms with van der Waals surface area (Å²) in [5, 5.41) is 19.9. The second kappa shape index (κ2) is 8.79. The van der Waals surface area contributed by atoms with Crippen molar-refractivity contribution in [2.24, 2.45) is 0 Å². The van der Waals surface area contributed by atoms with Crippen molar-refractivity contribution in [3.63, 3.8) is 0 Å². The number of anilines is 1. The van der Waals surface area contributed by atoms with Crippen molar-refractivity contribution in [1.82, 2.24) is 14.5 Å². The van der Waals surface area contributed by atoms with Gasteiger partial charge >= 0.3 is 0 Å². The second-order valence-corrected chi connectivity index (χ2v) is 7.44. The molecule has 8 heteroatoms. The summed E-state index contributed by atoms with van der Waals surface area (Å²) in [6.45, 7) is 0.635. The first-order valence-corrected chi connectivity index (χ1v) is 10.2. The van der Waals surface area contributed by atoms with Crippen molar-refractivity contribution in [2.75, 3.05) is 32.2 Å². The van der Waals surface area contributed by atoms with Crippen LogP contribution in [0.2, 0.25) is 0 Å². The number of amides is 1. The van der Waals surface area contributed by atoms with Gasteiger partial charge in [0.05, 0.1) is 7.11 Å². The van der Waals surface area contributed by atoms with E-state index in [-0.39, 0.29) is 19.1 Å². The highest BCUT2D eigenvalue weighted by atomic mass is 16.5. The first-order chi connectivity index (χ1) is 15.0. The van der Waals surface area contributed by atoms with Gasteiger partial charge in [-0.1, -0.05) is 30.3 Å².